The summed E-state index contributed by atoms with van der Waals surface area (Å²) in [5.41, 5.74) is 4.82. The molecule has 1 heterocycles. The molecule has 2 aromatic carbocycles. The molecular formula is C21H26O2. The highest BCUT2D eigenvalue weighted by Gasteiger charge is 2.33. The van der Waals surface area contributed by atoms with Gasteiger partial charge in [0.2, 0.25) is 0 Å². The van der Waals surface area contributed by atoms with Crippen LogP contribution in [0.3, 0.4) is 0 Å². The van der Waals surface area contributed by atoms with Gasteiger partial charge in [-0.1, -0.05) is 44.2 Å². The molecular weight excluding hydrogens is 284 g/mol. The van der Waals surface area contributed by atoms with E-state index in [2.05, 4.69) is 52.8 Å². The fourth-order valence-corrected chi connectivity index (χ4v) is 3.25. The minimum absolute atomic E-state index is 0.126. The highest BCUT2D eigenvalue weighted by Crippen LogP contribution is 2.44. The van der Waals surface area contributed by atoms with Crippen molar-refractivity contribution in [3.8, 4) is 11.5 Å². The molecule has 0 unspecified atom stereocenters. The van der Waals surface area contributed by atoms with Crippen molar-refractivity contribution in [3.63, 3.8) is 0 Å². The van der Waals surface area contributed by atoms with Gasteiger partial charge in [-0.2, -0.15) is 0 Å². The van der Waals surface area contributed by atoms with Gasteiger partial charge in [-0.15, -0.1) is 0 Å². The van der Waals surface area contributed by atoms with E-state index in [0.717, 1.165) is 17.9 Å². The summed E-state index contributed by atoms with van der Waals surface area (Å²) in [5, 5.41) is 0. The van der Waals surface area contributed by atoms with Crippen molar-refractivity contribution >= 4 is 0 Å². The second kappa shape index (κ2) is 5.92. The number of ether oxygens (including phenoxy) is 2. The quantitative estimate of drug-likeness (QED) is 0.751. The van der Waals surface area contributed by atoms with Gasteiger partial charge in [-0.25, -0.2) is 0 Å². The van der Waals surface area contributed by atoms with Crippen LogP contribution in [0.15, 0.2) is 36.4 Å². The molecule has 1 aliphatic heterocycles. The van der Waals surface area contributed by atoms with E-state index in [-0.39, 0.29) is 5.60 Å². The smallest absolute Gasteiger partial charge is 0.126 e. The summed E-state index contributed by atoms with van der Waals surface area (Å²) in [6.45, 7) is 11.5. The van der Waals surface area contributed by atoms with Crippen molar-refractivity contribution in [3.05, 3.63) is 58.7 Å². The average molecular weight is 310 g/mol. The van der Waals surface area contributed by atoms with Crippen molar-refractivity contribution in [1.29, 1.82) is 0 Å². The Morgan fingerprint density at radius 1 is 1.17 bits per heavy atom. The third-order valence-corrected chi connectivity index (χ3v) is 4.48. The van der Waals surface area contributed by atoms with Gasteiger partial charge in [0.1, 0.15) is 23.7 Å². The Balaban J connectivity index is 1.96. The molecule has 2 aromatic rings. The number of hydrogen-bond acceptors (Lipinski definition) is 2. The standard InChI is InChI=1S/C21H26O2/c1-14(2)17-11-19-18(12-21(4,5)23-19)15(3)20(17)22-13-16-9-7-6-8-10-16/h6-11,14H,12-13H2,1-5H3. The third-order valence-electron chi connectivity index (χ3n) is 4.48. The van der Waals surface area contributed by atoms with Crippen LogP contribution in [-0.2, 0) is 13.0 Å². The molecule has 0 bridgehead atoms. The summed E-state index contributed by atoms with van der Waals surface area (Å²) in [4.78, 5) is 0. The Hall–Kier alpha value is -1.96. The predicted octanol–water partition coefficient (Wildman–Crippen LogP) is 5.41. The molecule has 0 fully saturated rings. The maximum atomic E-state index is 6.25. The first kappa shape index (κ1) is 15.9. The Labute approximate surface area is 139 Å². The Bertz CT molecular complexity index is 700. The molecule has 0 atom stereocenters. The van der Waals surface area contributed by atoms with Gasteiger partial charge in [-0.05, 0) is 43.9 Å². The SMILES string of the molecule is Cc1c2c(cc(C(C)C)c1OCc1ccccc1)OC(C)(C)C2. The first-order chi connectivity index (χ1) is 10.9. The van der Waals surface area contributed by atoms with E-state index in [1.54, 1.807) is 0 Å². The highest BCUT2D eigenvalue weighted by molar-refractivity contribution is 5.56. The largest absolute Gasteiger partial charge is 0.488 e. The monoisotopic (exact) mass is 310 g/mol. The van der Waals surface area contributed by atoms with Gasteiger partial charge < -0.3 is 9.47 Å². The molecule has 2 nitrogen and oxygen atoms in total. The molecule has 0 saturated carbocycles. The second-order valence-electron chi connectivity index (χ2n) is 7.36. The molecule has 0 amide bonds. The Kier molecular flexibility index (Phi) is 4.09. The zero-order valence-corrected chi connectivity index (χ0v) is 14.8. The van der Waals surface area contributed by atoms with E-state index < -0.39 is 0 Å². The second-order valence-corrected chi connectivity index (χ2v) is 7.36. The van der Waals surface area contributed by atoms with Gasteiger partial charge in [-0.3, -0.25) is 0 Å². The normalized spacial score (nSPS) is 15.4. The summed E-state index contributed by atoms with van der Waals surface area (Å²) < 4.78 is 12.4. The summed E-state index contributed by atoms with van der Waals surface area (Å²) >= 11 is 0. The molecule has 3 rings (SSSR count). The van der Waals surface area contributed by atoms with Gasteiger partial charge in [0.15, 0.2) is 0 Å². The maximum Gasteiger partial charge on any atom is 0.126 e. The first-order valence-corrected chi connectivity index (χ1v) is 8.39. The average Bonchev–Trinajstić information content (AvgIpc) is 2.82. The Morgan fingerprint density at radius 2 is 1.87 bits per heavy atom. The molecule has 0 spiro atoms. The number of rotatable bonds is 4. The maximum absolute atomic E-state index is 6.25. The van der Waals surface area contributed by atoms with Gasteiger partial charge >= 0.3 is 0 Å². The van der Waals surface area contributed by atoms with Crippen LogP contribution in [0, 0.1) is 6.92 Å². The summed E-state index contributed by atoms with van der Waals surface area (Å²) in [6.07, 6.45) is 0.939. The Morgan fingerprint density at radius 3 is 2.52 bits per heavy atom. The zero-order chi connectivity index (χ0) is 16.6. The number of benzene rings is 2. The van der Waals surface area contributed by atoms with E-state index >= 15 is 0 Å². The fourth-order valence-electron chi connectivity index (χ4n) is 3.25. The zero-order valence-electron chi connectivity index (χ0n) is 14.8. The van der Waals surface area contributed by atoms with E-state index in [9.17, 15) is 0 Å². The third kappa shape index (κ3) is 3.21. The summed E-state index contributed by atoms with van der Waals surface area (Å²) in [7, 11) is 0. The van der Waals surface area contributed by atoms with Crippen LogP contribution < -0.4 is 9.47 Å². The highest BCUT2D eigenvalue weighted by atomic mass is 16.5. The van der Waals surface area contributed by atoms with Crippen LogP contribution in [0.4, 0.5) is 0 Å². The first-order valence-electron chi connectivity index (χ1n) is 8.39. The minimum atomic E-state index is -0.126. The van der Waals surface area contributed by atoms with Crippen LogP contribution in [-0.4, -0.2) is 5.60 Å². The van der Waals surface area contributed by atoms with Crippen LogP contribution in [0.25, 0.3) is 0 Å². The van der Waals surface area contributed by atoms with Crippen molar-refractivity contribution in [1.82, 2.24) is 0 Å². The van der Waals surface area contributed by atoms with Gasteiger partial charge in [0.05, 0.1) is 0 Å². The lowest BCUT2D eigenvalue weighted by Gasteiger charge is -2.19. The molecule has 1 aliphatic rings. The molecule has 0 N–H and O–H groups in total. The molecule has 2 heteroatoms. The van der Waals surface area contributed by atoms with E-state index in [4.69, 9.17) is 9.47 Å². The van der Waals surface area contributed by atoms with Crippen LogP contribution in [0.5, 0.6) is 11.5 Å². The molecule has 23 heavy (non-hydrogen) atoms. The van der Waals surface area contributed by atoms with Gasteiger partial charge in [0, 0.05) is 17.5 Å². The van der Waals surface area contributed by atoms with Crippen LogP contribution in [0.2, 0.25) is 0 Å². The van der Waals surface area contributed by atoms with Crippen molar-refractivity contribution < 1.29 is 9.47 Å². The van der Waals surface area contributed by atoms with Crippen LogP contribution in [0.1, 0.15) is 55.9 Å². The topological polar surface area (TPSA) is 18.5 Å². The summed E-state index contributed by atoms with van der Waals surface area (Å²) in [6, 6.07) is 12.5. The summed E-state index contributed by atoms with van der Waals surface area (Å²) in [5.74, 6) is 2.46. The van der Waals surface area contributed by atoms with E-state index in [1.807, 2.05) is 18.2 Å². The number of hydrogen-bond donors (Lipinski definition) is 0. The van der Waals surface area contributed by atoms with E-state index in [0.29, 0.717) is 12.5 Å². The molecule has 0 aromatic heterocycles. The predicted molar refractivity (Wildman–Crippen MR) is 94.5 cm³/mol. The van der Waals surface area contributed by atoms with Crippen molar-refractivity contribution in [2.24, 2.45) is 0 Å². The van der Waals surface area contributed by atoms with Crippen molar-refractivity contribution in [2.45, 2.75) is 59.2 Å². The molecule has 122 valence electrons. The molecule has 0 aliphatic carbocycles. The lowest BCUT2D eigenvalue weighted by atomic mass is 9.92. The molecule has 0 radical (unpaired) electrons. The van der Waals surface area contributed by atoms with Crippen LogP contribution >= 0.6 is 0 Å². The minimum Gasteiger partial charge on any atom is -0.488 e. The molecule has 0 saturated heterocycles. The lowest BCUT2D eigenvalue weighted by Crippen LogP contribution is -2.24. The fraction of sp³-hybridized carbons (Fsp3) is 0.429. The van der Waals surface area contributed by atoms with Gasteiger partial charge in [0.25, 0.3) is 0 Å². The lowest BCUT2D eigenvalue weighted by molar-refractivity contribution is 0.138. The van der Waals surface area contributed by atoms with Crippen molar-refractivity contribution in [2.75, 3.05) is 0 Å². The van der Waals surface area contributed by atoms with E-state index in [1.165, 1.54) is 22.3 Å². The number of fused-ring (bicyclic) bond motifs is 1.